The molecule has 0 saturated carbocycles. The van der Waals surface area contributed by atoms with Crippen LogP contribution in [-0.2, 0) is 9.31 Å². The van der Waals surface area contributed by atoms with Crippen molar-refractivity contribution in [3.8, 4) is 0 Å². The molecular formula is C17H24B2O6. The zero-order valence-corrected chi connectivity index (χ0v) is 14.1. The maximum absolute atomic E-state index is 8.71. The summed E-state index contributed by atoms with van der Waals surface area (Å²) in [7, 11) is -1.81. The molecule has 0 spiro atoms. The number of rotatable bonds is 9. The average Bonchev–Trinajstić information content (AvgIpc) is 2.66. The molecule has 0 unspecified atom stereocenters. The highest BCUT2D eigenvalue weighted by atomic mass is 16.6. The van der Waals surface area contributed by atoms with Crippen molar-refractivity contribution in [2.45, 2.75) is 6.42 Å². The maximum Gasteiger partial charge on any atom is 0.493 e. The minimum absolute atomic E-state index is 0.0350. The molecule has 0 fully saturated rings. The van der Waals surface area contributed by atoms with E-state index in [0.717, 1.165) is 5.46 Å². The predicted molar refractivity (Wildman–Crippen MR) is 98.8 cm³/mol. The Kier molecular flexibility index (Phi) is 11.6. The third-order valence-corrected chi connectivity index (χ3v) is 3.10. The molecular weight excluding hydrogens is 322 g/mol. The summed E-state index contributed by atoms with van der Waals surface area (Å²) in [6.45, 7) is 0.731. The van der Waals surface area contributed by atoms with Gasteiger partial charge in [0.15, 0.2) is 0 Å². The van der Waals surface area contributed by atoms with Gasteiger partial charge in [0.2, 0.25) is 0 Å². The molecule has 0 bridgehead atoms. The Balaban J connectivity index is 0.000000293. The van der Waals surface area contributed by atoms with Crippen LogP contribution in [0.3, 0.4) is 0 Å². The van der Waals surface area contributed by atoms with Gasteiger partial charge in [-0.3, -0.25) is 0 Å². The molecule has 0 aromatic heterocycles. The maximum atomic E-state index is 8.71. The molecule has 8 heteroatoms. The third-order valence-electron chi connectivity index (χ3n) is 3.10. The monoisotopic (exact) mass is 346 g/mol. The van der Waals surface area contributed by atoms with E-state index in [9.17, 15) is 0 Å². The molecule has 6 nitrogen and oxygen atoms in total. The molecule has 4 N–H and O–H groups in total. The first-order valence-electron chi connectivity index (χ1n) is 8.10. The zero-order chi connectivity index (χ0) is 18.3. The Morgan fingerprint density at radius 3 is 1.64 bits per heavy atom. The Morgan fingerprint density at radius 1 is 0.680 bits per heavy atom. The lowest BCUT2D eigenvalue weighted by atomic mass is 9.79. The van der Waals surface area contributed by atoms with E-state index >= 15 is 0 Å². The summed E-state index contributed by atoms with van der Waals surface area (Å²) >= 11 is 0. The number of benzene rings is 2. The molecule has 0 aliphatic carbocycles. The van der Waals surface area contributed by atoms with Crippen LogP contribution >= 0.6 is 0 Å². The van der Waals surface area contributed by atoms with E-state index in [1.807, 2.05) is 36.4 Å². The molecule has 25 heavy (non-hydrogen) atoms. The van der Waals surface area contributed by atoms with Crippen molar-refractivity contribution in [1.29, 1.82) is 0 Å². The molecule has 0 radical (unpaired) electrons. The van der Waals surface area contributed by atoms with Crippen molar-refractivity contribution in [3.63, 3.8) is 0 Å². The summed E-state index contributed by atoms with van der Waals surface area (Å²) in [5, 5.41) is 34.5. The summed E-state index contributed by atoms with van der Waals surface area (Å²) in [5.74, 6) is 0. The molecule has 2 aromatic carbocycles. The van der Waals surface area contributed by atoms with Crippen LogP contribution in [0.5, 0.6) is 0 Å². The number of hydrogen-bond acceptors (Lipinski definition) is 6. The SMILES string of the molecule is OB(O)c1ccccc1.OCCCOB(OCCO)c1ccccc1. The van der Waals surface area contributed by atoms with Crippen molar-refractivity contribution in [1.82, 2.24) is 0 Å². The van der Waals surface area contributed by atoms with Gasteiger partial charge in [0, 0.05) is 13.2 Å². The van der Waals surface area contributed by atoms with Gasteiger partial charge in [-0.2, -0.15) is 0 Å². The van der Waals surface area contributed by atoms with Crippen molar-refractivity contribution >= 4 is 25.2 Å². The van der Waals surface area contributed by atoms with Crippen LogP contribution in [0.2, 0.25) is 0 Å². The van der Waals surface area contributed by atoms with Gasteiger partial charge in [0.25, 0.3) is 0 Å². The Bertz CT molecular complexity index is 541. The van der Waals surface area contributed by atoms with Crippen LogP contribution in [0.1, 0.15) is 6.42 Å². The fourth-order valence-electron chi connectivity index (χ4n) is 1.89. The smallest absolute Gasteiger partial charge is 0.423 e. The molecule has 2 rings (SSSR count). The quantitative estimate of drug-likeness (QED) is 0.349. The largest absolute Gasteiger partial charge is 0.493 e. The van der Waals surface area contributed by atoms with Gasteiger partial charge in [-0.15, -0.1) is 0 Å². The lowest BCUT2D eigenvalue weighted by Crippen LogP contribution is -2.38. The van der Waals surface area contributed by atoms with Crippen LogP contribution in [0.15, 0.2) is 60.7 Å². The molecule has 0 amide bonds. The van der Waals surface area contributed by atoms with E-state index in [4.69, 9.17) is 29.6 Å². The molecule has 2 aromatic rings. The summed E-state index contributed by atoms with van der Waals surface area (Å²) in [6, 6.07) is 18.2. The first-order chi connectivity index (χ1) is 12.2. The number of aliphatic hydroxyl groups excluding tert-OH is 2. The van der Waals surface area contributed by atoms with E-state index in [1.54, 1.807) is 24.3 Å². The Morgan fingerprint density at radius 2 is 1.20 bits per heavy atom. The summed E-state index contributed by atoms with van der Waals surface area (Å²) in [5.41, 5.74) is 1.44. The first kappa shape index (κ1) is 21.4. The van der Waals surface area contributed by atoms with Gasteiger partial charge in [-0.25, -0.2) is 0 Å². The topological polar surface area (TPSA) is 99.4 Å². The van der Waals surface area contributed by atoms with Gasteiger partial charge in [-0.1, -0.05) is 60.7 Å². The first-order valence-corrected chi connectivity index (χ1v) is 8.10. The second-order valence-electron chi connectivity index (χ2n) is 5.07. The average molecular weight is 346 g/mol. The molecule has 134 valence electrons. The van der Waals surface area contributed by atoms with Crippen LogP contribution in [0.4, 0.5) is 0 Å². The molecule has 0 saturated heterocycles. The highest BCUT2D eigenvalue weighted by Gasteiger charge is 2.20. The molecule has 0 atom stereocenters. The second kappa shape index (κ2) is 13.6. The van der Waals surface area contributed by atoms with Gasteiger partial charge in [-0.05, 0) is 17.3 Å². The van der Waals surface area contributed by atoms with Crippen molar-refractivity contribution in [3.05, 3.63) is 60.7 Å². The van der Waals surface area contributed by atoms with Crippen molar-refractivity contribution < 1.29 is 29.6 Å². The van der Waals surface area contributed by atoms with E-state index in [-0.39, 0.29) is 19.8 Å². The minimum Gasteiger partial charge on any atom is -0.423 e. The normalized spacial score (nSPS) is 9.92. The Labute approximate surface area is 149 Å². The van der Waals surface area contributed by atoms with E-state index < -0.39 is 14.2 Å². The Hall–Kier alpha value is -1.67. The highest BCUT2D eigenvalue weighted by Crippen LogP contribution is 1.95. The third kappa shape index (κ3) is 9.40. The molecule has 0 heterocycles. The highest BCUT2D eigenvalue weighted by molar-refractivity contribution is 6.61. The fourth-order valence-corrected chi connectivity index (χ4v) is 1.89. The van der Waals surface area contributed by atoms with E-state index in [2.05, 4.69) is 0 Å². The van der Waals surface area contributed by atoms with Gasteiger partial charge in [0.05, 0.1) is 13.2 Å². The van der Waals surface area contributed by atoms with Crippen LogP contribution in [0, 0.1) is 0 Å². The van der Waals surface area contributed by atoms with Gasteiger partial charge < -0.3 is 29.6 Å². The lowest BCUT2D eigenvalue weighted by molar-refractivity contribution is 0.152. The van der Waals surface area contributed by atoms with Crippen LogP contribution in [-0.4, -0.2) is 60.9 Å². The summed E-state index contributed by atoms with van der Waals surface area (Å²) < 4.78 is 10.8. The summed E-state index contributed by atoms with van der Waals surface area (Å²) in [4.78, 5) is 0. The van der Waals surface area contributed by atoms with Crippen LogP contribution in [0.25, 0.3) is 0 Å². The van der Waals surface area contributed by atoms with E-state index in [0.29, 0.717) is 18.5 Å². The lowest BCUT2D eigenvalue weighted by Gasteiger charge is -2.13. The predicted octanol–water partition coefficient (Wildman–Crippen LogP) is -0.844. The van der Waals surface area contributed by atoms with Crippen molar-refractivity contribution in [2.75, 3.05) is 26.4 Å². The number of aliphatic hydroxyl groups is 2. The second-order valence-corrected chi connectivity index (χ2v) is 5.07. The fraction of sp³-hybridized carbons (Fsp3) is 0.294. The molecule has 0 aliphatic rings. The summed E-state index contributed by atoms with van der Waals surface area (Å²) in [6.07, 6.45) is 0.575. The van der Waals surface area contributed by atoms with E-state index in [1.165, 1.54) is 0 Å². The zero-order valence-electron chi connectivity index (χ0n) is 14.1. The number of hydrogen-bond donors (Lipinski definition) is 4. The van der Waals surface area contributed by atoms with Gasteiger partial charge >= 0.3 is 14.2 Å². The van der Waals surface area contributed by atoms with Gasteiger partial charge in [0.1, 0.15) is 0 Å². The van der Waals surface area contributed by atoms with Crippen LogP contribution < -0.4 is 10.9 Å². The standard InChI is InChI=1S/C11H17BO4.C6H7BO2/c13-7-4-9-15-12(16-10-8-14)11-5-2-1-3-6-11;8-7(9)6-4-2-1-3-5-6/h1-3,5-6,13-14H,4,7-10H2;1-5,8-9H. The van der Waals surface area contributed by atoms with Crippen molar-refractivity contribution in [2.24, 2.45) is 0 Å². The molecule has 0 aliphatic heterocycles. The minimum atomic E-state index is -1.34.